The maximum atomic E-state index is 11.9. The quantitative estimate of drug-likeness (QED) is 0.743. The van der Waals surface area contributed by atoms with Gasteiger partial charge in [0.1, 0.15) is 0 Å². The van der Waals surface area contributed by atoms with Gasteiger partial charge in [-0.3, -0.25) is 0 Å². The SMILES string of the molecule is CC(CN)(NS(=O)(=O)CCCC(F)(F)F)C1CC1. The van der Waals surface area contributed by atoms with Crippen LogP contribution in [0, 0.1) is 5.92 Å². The Morgan fingerprint density at radius 3 is 2.28 bits per heavy atom. The Morgan fingerprint density at radius 1 is 1.33 bits per heavy atom. The molecule has 0 radical (unpaired) electrons. The van der Waals surface area contributed by atoms with Crippen LogP contribution in [-0.2, 0) is 10.0 Å². The lowest BCUT2D eigenvalue weighted by Crippen LogP contribution is -2.53. The third kappa shape index (κ3) is 5.11. The summed E-state index contributed by atoms with van der Waals surface area (Å²) in [5.41, 5.74) is 4.82. The summed E-state index contributed by atoms with van der Waals surface area (Å²) >= 11 is 0. The molecule has 0 amide bonds. The summed E-state index contributed by atoms with van der Waals surface area (Å²) < 4.78 is 61.6. The second-order valence-electron chi connectivity index (χ2n) is 5.04. The predicted octanol–water partition coefficient (Wildman–Crippen LogP) is 1.38. The van der Waals surface area contributed by atoms with Gasteiger partial charge in [0.05, 0.1) is 5.75 Å². The molecule has 0 heterocycles. The first-order valence-electron chi connectivity index (χ1n) is 5.86. The van der Waals surface area contributed by atoms with Crippen molar-refractivity contribution < 1.29 is 21.6 Å². The Bertz CT molecular complexity index is 379. The van der Waals surface area contributed by atoms with Crippen molar-refractivity contribution in [2.24, 2.45) is 11.7 Å². The van der Waals surface area contributed by atoms with Gasteiger partial charge in [0, 0.05) is 18.5 Å². The van der Waals surface area contributed by atoms with Crippen molar-refractivity contribution >= 4 is 10.0 Å². The molecule has 1 saturated carbocycles. The standard InChI is InChI=1S/C10H19F3N2O2S/c1-9(7-14,8-3-4-8)15-18(16,17)6-2-5-10(11,12)13/h8,15H,2-7,14H2,1H3. The van der Waals surface area contributed by atoms with Crippen LogP contribution < -0.4 is 10.5 Å². The summed E-state index contributed by atoms with van der Waals surface area (Å²) in [7, 11) is -3.71. The summed E-state index contributed by atoms with van der Waals surface area (Å²) in [4.78, 5) is 0. The number of hydrogen-bond donors (Lipinski definition) is 2. The third-order valence-corrected chi connectivity index (χ3v) is 4.77. The van der Waals surface area contributed by atoms with Gasteiger partial charge in [-0.25, -0.2) is 13.1 Å². The van der Waals surface area contributed by atoms with Gasteiger partial charge in [0.15, 0.2) is 0 Å². The molecule has 0 spiro atoms. The number of nitrogens with one attached hydrogen (secondary N) is 1. The molecule has 0 aromatic rings. The van der Waals surface area contributed by atoms with Gasteiger partial charge < -0.3 is 5.73 Å². The van der Waals surface area contributed by atoms with Crippen molar-refractivity contribution in [2.45, 2.75) is 44.3 Å². The molecule has 0 aromatic heterocycles. The monoisotopic (exact) mass is 288 g/mol. The highest BCUT2D eigenvalue weighted by Crippen LogP contribution is 2.39. The van der Waals surface area contributed by atoms with Gasteiger partial charge in [-0.2, -0.15) is 13.2 Å². The van der Waals surface area contributed by atoms with Gasteiger partial charge >= 0.3 is 6.18 Å². The van der Waals surface area contributed by atoms with Gasteiger partial charge in [-0.15, -0.1) is 0 Å². The third-order valence-electron chi connectivity index (χ3n) is 3.16. The van der Waals surface area contributed by atoms with Gasteiger partial charge in [-0.05, 0) is 32.1 Å². The molecule has 108 valence electrons. The summed E-state index contributed by atoms with van der Waals surface area (Å²) in [5.74, 6) is -0.325. The Morgan fingerprint density at radius 2 is 1.89 bits per heavy atom. The van der Waals surface area contributed by atoms with Crippen LogP contribution in [0.1, 0.15) is 32.6 Å². The average molecular weight is 288 g/mol. The Labute approximate surface area is 105 Å². The Kier molecular flexibility index (Phi) is 4.66. The van der Waals surface area contributed by atoms with Gasteiger partial charge in [0.25, 0.3) is 0 Å². The molecular weight excluding hydrogens is 269 g/mol. The molecule has 1 fully saturated rings. The number of sulfonamides is 1. The van der Waals surface area contributed by atoms with Crippen molar-refractivity contribution in [2.75, 3.05) is 12.3 Å². The minimum Gasteiger partial charge on any atom is -0.329 e. The summed E-state index contributed by atoms with van der Waals surface area (Å²) in [6.45, 7) is 1.85. The van der Waals surface area contributed by atoms with Crippen LogP contribution in [0.15, 0.2) is 0 Å². The number of nitrogens with two attached hydrogens (primary N) is 1. The maximum Gasteiger partial charge on any atom is 0.389 e. The lowest BCUT2D eigenvalue weighted by Gasteiger charge is -2.29. The van der Waals surface area contributed by atoms with Crippen LogP contribution in [0.25, 0.3) is 0 Å². The van der Waals surface area contributed by atoms with Crippen molar-refractivity contribution in [3.63, 3.8) is 0 Å². The molecular formula is C10H19F3N2O2S. The van der Waals surface area contributed by atoms with Crippen LogP contribution >= 0.6 is 0 Å². The first kappa shape index (κ1) is 15.7. The lowest BCUT2D eigenvalue weighted by molar-refractivity contribution is -0.134. The van der Waals surface area contributed by atoms with E-state index in [1.165, 1.54) is 0 Å². The minimum atomic E-state index is -4.32. The van der Waals surface area contributed by atoms with Crippen molar-refractivity contribution in [1.29, 1.82) is 0 Å². The minimum absolute atomic E-state index is 0.149. The molecule has 4 nitrogen and oxygen atoms in total. The van der Waals surface area contributed by atoms with Gasteiger partial charge in [0.2, 0.25) is 10.0 Å². The second kappa shape index (κ2) is 5.34. The largest absolute Gasteiger partial charge is 0.389 e. The topological polar surface area (TPSA) is 72.2 Å². The molecule has 3 N–H and O–H groups in total. The number of alkyl halides is 3. The van der Waals surface area contributed by atoms with E-state index in [0.29, 0.717) is 0 Å². The molecule has 18 heavy (non-hydrogen) atoms. The van der Waals surface area contributed by atoms with E-state index in [2.05, 4.69) is 4.72 Å². The number of halogens is 3. The van der Waals surface area contributed by atoms with E-state index in [1.54, 1.807) is 6.92 Å². The molecule has 0 aliphatic heterocycles. The van der Waals surface area contributed by atoms with Crippen LogP contribution in [0.3, 0.4) is 0 Å². The van der Waals surface area contributed by atoms with Crippen LogP contribution in [0.4, 0.5) is 13.2 Å². The van der Waals surface area contributed by atoms with E-state index in [9.17, 15) is 21.6 Å². The van der Waals surface area contributed by atoms with Crippen LogP contribution in [0.2, 0.25) is 0 Å². The van der Waals surface area contributed by atoms with E-state index in [4.69, 9.17) is 5.73 Å². The number of hydrogen-bond acceptors (Lipinski definition) is 3. The summed E-state index contributed by atoms with van der Waals surface area (Å²) in [6, 6.07) is 0. The van der Waals surface area contributed by atoms with Crippen molar-refractivity contribution in [3.8, 4) is 0 Å². The van der Waals surface area contributed by atoms with Crippen LogP contribution in [-0.4, -0.2) is 32.4 Å². The summed E-state index contributed by atoms with van der Waals surface area (Å²) in [6.07, 6.45) is -4.03. The molecule has 0 aromatic carbocycles. The van der Waals surface area contributed by atoms with Gasteiger partial charge in [-0.1, -0.05) is 0 Å². The maximum absolute atomic E-state index is 11.9. The number of rotatable bonds is 7. The molecule has 8 heteroatoms. The van der Waals surface area contributed by atoms with Crippen molar-refractivity contribution in [3.05, 3.63) is 0 Å². The predicted molar refractivity (Wildman–Crippen MR) is 62.4 cm³/mol. The van der Waals surface area contributed by atoms with E-state index in [-0.39, 0.29) is 12.5 Å². The van der Waals surface area contributed by atoms with E-state index >= 15 is 0 Å². The molecule has 1 rings (SSSR count). The summed E-state index contributed by atoms with van der Waals surface area (Å²) in [5, 5.41) is 0. The van der Waals surface area contributed by atoms with Crippen molar-refractivity contribution in [1.82, 2.24) is 4.72 Å². The Balaban J connectivity index is 2.48. The van der Waals surface area contributed by atoms with E-state index in [0.717, 1.165) is 12.8 Å². The zero-order valence-electron chi connectivity index (χ0n) is 10.3. The first-order chi connectivity index (χ1) is 8.08. The van der Waals surface area contributed by atoms with E-state index in [1.807, 2.05) is 0 Å². The lowest BCUT2D eigenvalue weighted by atomic mass is 9.98. The molecule has 1 aliphatic rings. The fourth-order valence-corrected chi connectivity index (χ4v) is 3.47. The normalized spacial score (nSPS) is 20.7. The van der Waals surface area contributed by atoms with E-state index < -0.39 is 40.3 Å². The molecule has 0 saturated heterocycles. The molecule has 1 atom stereocenters. The Hall–Kier alpha value is -0.340. The van der Waals surface area contributed by atoms with Crippen LogP contribution in [0.5, 0.6) is 0 Å². The highest BCUT2D eigenvalue weighted by atomic mass is 32.2. The second-order valence-corrected chi connectivity index (χ2v) is 6.88. The molecule has 0 bridgehead atoms. The molecule has 1 unspecified atom stereocenters. The smallest absolute Gasteiger partial charge is 0.329 e. The highest BCUT2D eigenvalue weighted by molar-refractivity contribution is 7.89. The average Bonchev–Trinajstić information content (AvgIpc) is 2.97. The highest BCUT2D eigenvalue weighted by Gasteiger charge is 2.43. The molecule has 1 aliphatic carbocycles. The zero-order chi connectivity index (χ0) is 14.0. The zero-order valence-corrected chi connectivity index (χ0v) is 11.1. The fourth-order valence-electron chi connectivity index (χ4n) is 1.88. The first-order valence-corrected chi connectivity index (χ1v) is 7.52. The fraction of sp³-hybridized carbons (Fsp3) is 1.00.